The third kappa shape index (κ3) is 65.2. The molecule has 0 aromatic heterocycles. The van der Waals surface area contributed by atoms with Gasteiger partial charge in [0.15, 0.2) is 0 Å². The van der Waals surface area contributed by atoms with Crippen LogP contribution in [0.5, 0.6) is 0 Å². The Bertz CT molecular complexity index is 1300. The number of amides is 1. The van der Waals surface area contributed by atoms with Crippen molar-refractivity contribution in [2.45, 2.75) is 411 Å². The minimum Gasteiger partial charge on any atom is -0.466 e. The number of aliphatic hydroxyl groups is 2. The van der Waals surface area contributed by atoms with Crippen LogP contribution in [0, 0.1) is 0 Å². The molecular weight excluding hydrogens is 983 g/mol. The average molecular weight is 1120 g/mol. The summed E-state index contributed by atoms with van der Waals surface area (Å²) in [5.41, 5.74) is 0. The van der Waals surface area contributed by atoms with Crippen molar-refractivity contribution in [2.75, 3.05) is 13.2 Å². The van der Waals surface area contributed by atoms with Gasteiger partial charge in [0.25, 0.3) is 0 Å². The van der Waals surface area contributed by atoms with E-state index in [1.165, 1.54) is 321 Å². The van der Waals surface area contributed by atoms with Crippen LogP contribution in [0.3, 0.4) is 0 Å². The summed E-state index contributed by atoms with van der Waals surface area (Å²) in [4.78, 5) is 24.6. The molecule has 0 aromatic rings. The second kappa shape index (κ2) is 69.6. The summed E-state index contributed by atoms with van der Waals surface area (Å²) in [7, 11) is 0. The standard InChI is InChI=1S/C74H141NO5/c1-3-5-7-9-11-13-15-17-19-20-37-40-44-48-52-56-60-64-68-74(79)80-69-65-61-57-53-49-45-41-38-35-33-31-29-27-25-23-21-22-24-26-28-30-32-34-36-39-43-47-51-55-59-63-67-73(78)75-71(70-76)72(77)66-62-58-54-50-46-42-18-16-14-12-10-8-6-4-2/h13,15,19-20,62,66,71-72,76-77H,3-12,14,16-18,21-61,63-65,67-70H2,1-2H3,(H,75,78)/b15-13-,20-19-,66-62+. The molecular formula is C74H141NO5. The summed E-state index contributed by atoms with van der Waals surface area (Å²) >= 11 is 0. The van der Waals surface area contributed by atoms with Gasteiger partial charge < -0.3 is 20.3 Å². The first-order chi connectivity index (χ1) is 39.5. The lowest BCUT2D eigenvalue weighted by Gasteiger charge is -2.20. The lowest BCUT2D eigenvalue weighted by atomic mass is 10.0. The van der Waals surface area contributed by atoms with Crippen molar-refractivity contribution in [3.05, 3.63) is 36.5 Å². The van der Waals surface area contributed by atoms with E-state index < -0.39 is 12.1 Å². The molecule has 472 valence electrons. The van der Waals surface area contributed by atoms with E-state index in [1.807, 2.05) is 6.08 Å². The van der Waals surface area contributed by atoms with E-state index in [4.69, 9.17) is 4.74 Å². The highest BCUT2D eigenvalue weighted by Gasteiger charge is 2.18. The molecule has 0 fully saturated rings. The molecule has 2 atom stereocenters. The number of unbranched alkanes of at least 4 members (excludes halogenated alkanes) is 53. The topological polar surface area (TPSA) is 95.9 Å². The molecule has 3 N–H and O–H groups in total. The van der Waals surface area contributed by atoms with Gasteiger partial charge in [0.1, 0.15) is 0 Å². The van der Waals surface area contributed by atoms with Crippen molar-refractivity contribution in [2.24, 2.45) is 0 Å². The van der Waals surface area contributed by atoms with Crippen LogP contribution in [-0.2, 0) is 14.3 Å². The normalized spacial score (nSPS) is 12.7. The number of ether oxygens (including phenoxy) is 1. The first-order valence-corrected chi connectivity index (χ1v) is 36.3. The summed E-state index contributed by atoms with van der Waals surface area (Å²) in [5.74, 6) is -0.0485. The molecule has 80 heavy (non-hydrogen) atoms. The molecule has 0 saturated carbocycles. The molecule has 0 aromatic carbocycles. The van der Waals surface area contributed by atoms with Gasteiger partial charge in [-0.3, -0.25) is 9.59 Å². The molecule has 0 rings (SSSR count). The van der Waals surface area contributed by atoms with Crippen molar-refractivity contribution < 1.29 is 24.5 Å². The maximum atomic E-state index is 12.5. The van der Waals surface area contributed by atoms with Crippen LogP contribution in [0.25, 0.3) is 0 Å². The van der Waals surface area contributed by atoms with Crippen LogP contribution >= 0.6 is 0 Å². The van der Waals surface area contributed by atoms with Gasteiger partial charge in [0.05, 0.1) is 25.4 Å². The van der Waals surface area contributed by atoms with Gasteiger partial charge in [0.2, 0.25) is 5.91 Å². The Hall–Kier alpha value is -1.92. The number of aliphatic hydroxyl groups excluding tert-OH is 2. The summed E-state index contributed by atoms with van der Waals surface area (Å²) in [5, 5.41) is 23.1. The largest absolute Gasteiger partial charge is 0.466 e. The Morgan fingerprint density at radius 3 is 0.963 bits per heavy atom. The Labute approximate surface area is 500 Å². The third-order valence-electron chi connectivity index (χ3n) is 16.9. The quantitative estimate of drug-likeness (QED) is 0.0320. The molecule has 6 nitrogen and oxygen atoms in total. The van der Waals surface area contributed by atoms with Gasteiger partial charge in [-0.2, -0.15) is 0 Å². The molecule has 1 amide bonds. The monoisotopic (exact) mass is 1120 g/mol. The predicted octanol–water partition coefficient (Wildman–Crippen LogP) is 23.5. The number of esters is 1. The van der Waals surface area contributed by atoms with Crippen molar-refractivity contribution in [1.29, 1.82) is 0 Å². The van der Waals surface area contributed by atoms with Gasteiger partial charge in [-0.15, -0.1) is 0 Å². The van der Waals surface area contributed by atoms with E-state index in [2.05, 4.69) is 43.5 Å². The zero-order chi connectivity index (χ0) is 57.8. The second-order valence-corrected chi connectivity index (χ2v) is 24.9. The zero-order valence-corrected chi connectivity index (χ0v) is 54.1. The van der Waals surface area contributed by atoms with Crippen LogP contribution in [0.4, 0.5) is 0 Å². The van der Waals surface area contributed by atoms with Crippen LogP contribution in [0.1, 0.15) is 399 Å². The first kappa shape index (κ1) is 78.1. The lowest BCUT2D eigenvalue weighted by Crippen LogP contribution is -2.45. The fraction of sp³-hybridized carbons (Fsp3) is 0.892. The Morgan fingerprint density at radius 1 is 0.350 bits per heavy atom. The first-order valence-electron chi connectivity index (χ1n) is 36.3. The number of rotatable bonds is 68. The van der Waals surface area contributed by atoms with Crippen LogP contribution in [0.2, 0.25) is 0 Å². The maximum absolute atomic E-state index is 12.5. The number of hydrogen-bond acceptors (Lipinski definition) is 5. The van der Waals surface area contributed by atoms with Gasteiger partial charge in [-0.25, -0.2) is 0 Å². The van der Waals surface area contributed by atoms with Crippen LogP contribution in [-0.4, -0.2) is 47.4 Å². The zero-order valence-electron chi connectivity index (χ0n) is 54.1. The number of nitrogens with one attached hydrogen (secondary N) is 1. The summed E-state index contributed by atoms with van der Waals surface area (Å²) in [6, 6.07) is -0.624. The van der Waals surface area contributed by atoms with E-state index in [0.717, 1.165) is 51.4 Å². The molecule has 0 bridgehead atoms. The van der Waals surface area contributed by atoms with E-state index in [-0.39, 0.29) is 18.5 Å². The molecule has 0 saturated heterocycles. The Balaban J connectivity index is 3.33. The van der Waals surface area contributed by atoms with Crippen LogP contribution in [0.15, 0.2) is 36.5 Å². The number of hydrogen-bond donors (Lipinski definition) is 3. The number of allylic oxidation sites excluding steroid dienone is 5. The molecule has 2 unspecified atom stereocenters. The highest BCUT2D eigenvalue weighted by atomic mass is 16.5. The highest BCUT2D eigenvalue weighted by molar-refractivity contribution is 5.76. The molecule has 0 spiro atoms. The Kier molecular flexibility index (Phi) is 67.9. The molecule has 0 aliphatic rings. The van der Waals surface area contributed by atoms with Crippen molar-refractivity contribution in [1.82, 2.24) is 5.32 Å². The molecule has 6 heteroatoms. The van der Waals surface area contributed by atoms with Gasteiger partial charge in [-0.1, -0.05) is 359 Å². The predicted molar refractivity (Wildman–Crippen MR) is 352 cm³/mol. The van der Waals surface area contributed by atoms with Gasteiger partial charge in [0, 0.05) is 12.8 Å². The maximum Gasteiger partial charge on any atom is 0.305 e. The lowest BCUT2D eigenvalue weighted by molar-refractivity contribution is -0.143. The molecule has 0 aliphatic carbocycles. The SMILES string of the molecule is CCCCCC/C=C\C/C=C\CCCCCCCCCC(=O)OCCCCCCCCCCCCCCCCCCCCCCCCCCCCCCCCCC(=O)NC(CO)C(O)/C=C/CCCCCCCCCCCCCC. The van der Waals surface area contributed by atoms with Crippen molar-refractivity contribution >= 4 is 11.9 Å². The molecule has 0 heterocycles. The average Bonchev–Trinajstić information content (AvgIpc) is 3.46. The summed E-state index contributed by atoms with van der Waals surface area (Å²) in [6.07, 6.45) is 89.5. The molecule has 0 radical (unpaired) electrons. The van der Waals surface area contributed by atoms with Crippen molar-refractivity contribution in [3.8, 4) is 0 Å². The number of carbonyl (C=O) groups excluding carboxylic acids is 2. The van der Waals surface area contributed by atoms with E-state index in [1.54, 1.807) is 6.08 Å². The van der Waals surface area contributed by atoms with E-state index >= 15 is 0 Å². The minimum absolute atomic E-state index is 0.0134. The fourth-order valence-corrected chi connectivity index (χ4v) is 11.4. The van der Waals surface area contributed by atoms with Gasteiger partial charge in [-0.05, 0) is 64.2 Å². The summed E-state index contributed by atoms with van der Waals surface area (Å²) < 4.78 is 5.51. The smallest absolute Gasteiger partial charge is 0.305 e. The third-order valence-corrected chi connectivity index (χ3v) is 16.9. The van der Waals surface area contributed by atoms with E-state index in [0.29, 0.717) is 19.4 Å². The Morgan fingerprint density at radius 2 is 0.625 bits per heavy atom. The minimum atomic E-state index is -0.841. The van der Waals surface area contributed by atoms with E-state index in [9.17, 15) is 19.8 Å². The van der Waals surface area contributed by atoms with Gasteiger partial charge >= 0.3 is 5.97 Å². The summed E-state index contributed by atoms with van der Waals surface area (Å²) in [6.45, 7) is 4.91. The number of carbonyl (C=O) groups is 2. The molecule has 0 aliphatic heterocycles. The van der Waals surface area contributed by atoms with Crippen molar-refractivity contribution in [3.63, 3.8) is 0 Å². The van der Waals surface area contributed by atoms with Crippen LogP contribution < -0.4 is 5.32 Å². The fourth-order valence-electron chi connectivity index (χ4n) is 11.4. The highest BCUT2D eigenvalue weighted by Crippen LogP contribution is 2.19. The second-order valence-electron chi connectivity index (χ2n) is 24.9.